The van der Waals surface area contributed by atoms with Crippen LogP contribution in [0.4, 0.5) is 17.3 Å². The second-order valence-corrected chi connectivity index (χ2v) is 6.72. The molecule has 4 aromatic carbocycles. The summed E-state index contributed by atoms with van der Waals surface area (Å²) in [6, 6.07) is 29.0. The van der Waals surface area contributed by atoms with E-state index >= 15 is 0 Å². The molecule has 1 heterocycles. The van der Waals surface area contributed by atoms with Gasteiger partial charge < -0.3 is 0 Å². The van der Waals surface area contributed by atoms with E-state index in [0.717, 1.165) is 32.9 Å². The molecule has 134 valence electrons. The fourth-order valence-electron chi connectivity index (χ4n) is 3.53. The zero-order chi connectivity index (χ0) is 18.9. The average Bonchev–Trinajstić information content (AvgIpc) is 2.74. The molecule has 0 atom stereocenters. The van der Waals surface area contributed by atoms with Crippen LogP contribution in [0.2, 0.25) is 5.28 Å². The summed E-state index contributed by atoms with van der Waals surface area (Å²) in [5, 5.41) is 4.66. The third-order valence-corrected chi connectivity index (χ3v) is 4.93. The first-order chi connectivity index (χ1) is 13.8. The van der Waals surface area contributed by atoms with Crippen molar-refractivity contribution in [2.24, 2.45) is 0 Å². The number of halogens is 1. The molecule has 0 bridgehead atoms. The highest BCUT2D eigenvalue weighted by molar-refractivity contribution is 6.28. The van der Waals surface area contributed by atoms with Crippen LogP contribution in [0.15, 0.2) is 91.3 Å². The maximum absolute atomic E-state index is 6.11. The summed E-state index contributed by atoms with van der Waals surface area (Å²) in [4.78, 5) is 14.8. The van der Waals surface area contributed by atoms with E-state index in [4.69, 9.17) is 11.6 Å². The lowest BCUT2D eigenvalue weighted by Crippen LogP contribution is -2.14. The molecule has 0 aliphatic rings. The Hall–Kier alpha value is -3.50. The minimum atomic E-state index is 0.162. The molecular weight excluding hydrogens is 368 g/mol. The van der Waals surface area contributed by atoms with Crippen LogP contribution in [0.5, 0.6) is 0 Å². The fourth-order valence-corrected chi connectivity index (χ4v) is 3.65. The summed E-state index contributed by atoms with van der Waals surface area (Å²) in [6.07, 6.45) is 1.44. The Bertz CT molecular complexity index is 1210. The molecule has 0 spiro atoms. The normalized spacial score (nSPS) is 11.0. The van der Waals surface area contributed by atoms with Crippen molar-refractivity contribution >= 4 is 50.5 Å². The van der Waals surface area contributed by atoms with Gasteiger partial charge >= 0.3 is 0 Å². The molecule has 0 N–H and O–H groups in total. The van der Waals surface area contributed by atoms with Crippen LogP contribution in [0.3, 0.4) is 0 Å². The van der Waals surface area contributed by atoms with E-state index in [0.29, 0.717) is 5.95 Å². The van der Waals surface area contributed by atoms with Gasteiger partial charge in [0.25, 0.3) is 0 Å². The number of fused-ring (bicyclic) bond motifs is 2. The summed E-state index contributed by atoms with van der Waals surface area (Å²) in [5.41, 5.74) is 1.97. The maximum Gasteiger partial charge on any atom is 0.238 e. The lowest BCUT2D eigenvalue weighted by Gasteiger charge is -2.25. The monoisotopic (exact) mass is 382 g/mol. The molecule has 0 unspecified atom stereocenters. The third-order valence-electron chi connectivity index (χ3n) is 4.74. The Labute approximate surface area is 167 Å². The van der Waals surface area contributed by atoms with Crippen LogP contribution in [-0.4, -0.2) is 15.0 Å². The highest BCUT2D eigenvalue weighted by atomic mass is 35.5. The van der Waals surface area contributed by atoms with Crippen molar-refractivity contribution in [1.29, 1.82) is 0 Å². The SMILES string of the molecule is Clc1ncnc(N(c2cccc3ccccc23)c2cccc3ccccc23)n1. The Kier molecular flexibility index (Phi) is 4.11. The van der Waals surface area contributed by atoms with Crippen LogP contribution in [0, 0.1) is 0 Å². The van der Waals surface area contributed by atoms with Crippen molar-refractivity contribution in [3.05, 3.63) is 96.5 Å². The number of hydrogen-bond donors (Lipinski definition) is 0. The van der Waals surface area contributed by atoms with Gasteiger partial charge in [0.2, 0.25) is 11.2 Å². The van der Waals surface area contributed by atoms with E-state index in [1.807, 2.05) is 41.3 Å². The van der Waals surface area contributed by atoms with E-state index < -0.39 is 0 Å². The van der Waals surface area contributed by atoms with Gasteiger partial charge in [-0.3, -0.25) is 4.90 Å². The van der Waals surface area contributed by atoms with Gasteiger partial charge in [0.15, 0.2) is 0 Å². The Morgan fingerprint density at radius 3 is 1.71 bits per heavy atom. The molecular formula is C23H15ClN4. The minimum Gasteiger partial charge on any atom is -0.278 e. The molecule has 0 amide bonds. The van der Waals surface area contributed by atoms with E-state index in [1.165, 1.54) is 6.33 Å². The van der Waals surface area contributed by atoms with Gasteiger partial charge in [0, 0.05) is 10.8 Å². The van der Waals surface area contributed by atoms with Crippen LogP contribution in [0.1, 0.15) is 0 Å². The summed E-state index contributed by atoms with van der Waals surface area (Å²) >= 11 is 6.11. The Balaban J connectivity index is 1.86. The van der Waals surface area contributed by atoms with E-state index in [9.17, 15) is 0 Å². The molecule has 5 rings (SSSR count). The van der Waals surface area contributed by atoms with Crippen molar-refractivity contribution in [3.63, 3.8) is 0 Å². The molecule has 5 aromatic rings. The maximum atomic E-state index is 6.11. The average molecular weight is 383 g/mol. The van der Waals surface area contributed by atoms with Crippen molar-refractivity contribution in [3.8, 4) is 0 Å². The van der Waals surface area contributed by atoms with Crippen molar-refractivity contribution < 1.29 is 0 Å². The number of rotatable bonds is 3. The molecule has 1 aromatic heterocycles. The van der Waals surface area contributed by atoms with Crippen molar-refractivity contribution in [2.45, 2.75) is 0 Å². The van der Waals surface area contributed by atoms with Crippen LogP contribution in [-0.2, 0) is 0 Å². The number of benzene rings is 4. The van der Waals surface area contributed by atoms with E-state index in [-0.39, 0.29) is 5.28 Å². The quantitative estimate of drug-likeness (QED) is 0.367. The van der Waals surface area contributed by atoms with Gasteiger partial charge in [-0.1, -0.05) is 72.8 Å². The first-order valence-electron chi connectivity index (χ1n) is 8.91. The molecule has 5 heteroatoms. The first kappa shape index (κ1) is 16.7. The standard InChI is InChI=1S/C23H15ClN4/c24-22-25-15-26-23(27-22)28(20-13-5-9-16-7-1-3-11-18(16)20)21-14-6-10-17-8-2-4-12-19(17)21/h1-15H. The zero-order valence-corrected chi connectivity index (χ0v) is 15.6. The molecule has 0 saturated carbocycles. The summed E-state index contributed by atoms with van der Waals surface area (Å²) in [7, 11) is 0. The van der Waals surface area contributed by atoms with E-state index in [2.05, 4.69) is 63.5 Å². The van der Waals surface area contributed by atoms with Gasteiger partial charge in [-0.25, -0.2) is 9.97 Å². The molecule has 0 saturated heterocycles. The largest absolute Gasteiger partial charge is 0.278 e. The van der Waals surface area contributed by atoms with Crippen LogP contribution >= 0.6 is 11.6 Å². The fraction of sp³-hybridized carbons (Fsp3) is 0. The Morgan fingerprint density at radius 2 is 1.14 bits per heavy atom. The zero-order valence-electron chi connectivity index (χ0n) is 14.8. The highest BCUT2D eigenvalue weighted by Gasteiger charge is 2.19. The number of nitrogens with zero attached hydrogens (tertiary/aromatic N) is 4. The summed E-state index contributed by atoms with van der Waals surface area (Å²) < 4.78 is 0. The van der Waals surface area contributed by atoms with Gasteiger partial charge in [-0.15, -0.1) is 0 Å². The van der Waals surface area contributed by atoms with Crippen molar-refractivity contribution in [1.82, 2.24) is 15.0 Å². The summed E-state index contributed by atoms with van der Waals surface area (Å²) in [6.45, 7) is 0. The predicted octanol–water partition coefficient (Wildman–Crippen LogP) is 6.30. The Morgan fingerprint density at radius 1 is 0.607 bits per heavy atom. The topological polar surface area (TPSA) is 41.9 Å². The molecule has 0 fully saturated rings. The summed E-state index contributed by atoms with van der Waals surface area (Å²) in [5.74, 6) is 0.479. The molecule has 0 aliphatic carbocycles. The van der Waals surface area contributed by atoms with Gasteiger partial charge in [0.05, 0.1) is 11.4 Å². The van der Waals surface area contributed by atoms with Gasteiger partial charge in [-0.2, -0.15) is 4.98 Å². The van der Waals surface area contributed by atoms with Gasteiger partial charge in [0.1, 0.15) is 6.33 Å². The highest BCUT2D eigenvalue weighted by Crippen LogP contribution is 2.40. The molecule has 4 nitrogen and oxygen atoms in total. The molecule has 0 radical (unpaired) electrons. The van der Waals surface area contributed by atoms with Gasteiger partial charge in [-0.05, 0) is 34.5 Å². The second kappa shape index (κ2) is 6.91. The number of aromatic nitrogens is 3. The van der Waals surface area contributed by atoms with Crippen LogP contribution < -0.4 is 4.90 Å². The molecule has 28 heavy (non-hydrogen) atoms. The van der Waals surface area contributed by atoms with Crippen LogP contribution in [0.25, 0.3) is 21.5 Å². The second-order valence-electron chi connectivity index (χ2n) is 6.39. The third kappa shape index (κ3) is 2.84. The smallest absolute Gasteiger partial charge is 0.238 e. The van der Waals surface area contributed by atoms with Crippen molar-refractivity contribution in [2.75, 3.05) is 4.90 Å². The van der Waals surface area contributed by atoms with E-state index in [1.54, 1.807) is 0 Å². The predicted molar refractivity (Wildman–Crippen MR) is 115 cm³/mol. The molecule has 0 aliphatic heterocycles. The lowest BCUT2D eigenvalue weighted by atomic mass is 10.0. The first-order valence-corrected chi connectivity index (χ1v) is 9.29. The number of anilines is 3. The number of hydrogen-bond acceptors (Lipinski definition) is 4. The lowest BCUT2D eigenvalue weighted by molar-refractivity contribution is 1.01. The minimum absolute atomic E-state index is 0.162.